The predicted molar refractivity (Wildman–Crippen MR) is 103 cm³/mol. The van der Waals surface area contributed by atoms with Gasteiger partial charge in [0, 0.05) is 5.69 Å². The third kappa shape index (κ3) is 2.64. The number of para-hydroxylation sites is 2. The van der Waals surface area contributed by atoms with Crippen molar-refractivity contribution in [2.75, 3.05) is 11.1 Å². The zero-order chi connectivity index (χ0) is 17.5. The molecule has 0 spiro atoms. The zero-order valence-electron chi connectivity index (χ0n) is 14.0. The van der Waals surface area contributed by atoms with Gasteiger partial charge in [-0.1, -0.05) is 30.0 Å². The second kappa shape index (κ2) is 6.17. The van der Waals surface area contributed by atoms with Crippen LogP contribution in [0.3, 0.4) is 0 Å². The Morgan fingerprint density at radius 3 is 3.04 bits per heavy atom. The van der Waals surface area contributed by atoms with Gasteiger partial charge >= 0.3 is 0 Å². The van der Waals surface area contributed by atoms with Crippen LogP contribution < -0.4 is 5.32 Å². The van der Waals surface area contributed by atoms with Gasteiger partial charge in [-0.3, -0.25) is 9.20 Å². The highest BCUT2D eigenvalue weighted by Crippen LogP contribution is 2.26. The van der Waals surface area contributed by atoms with Crippen LogP contribution in [0.15, 0.2) is 47.6 Å². The molecule has 1 aliphatic rings. The van der Waals surface area contributed by atoms with E-state index < -0.39 is 0 Å². The van der Waals surface area contributed by atoms with E-state index in [0.29, 0.717) is 11.5 Å². The molecule has 1 amide bonds. The number of rotatable bonds is 4. The maximum atomic E-state index is 12.4. The highest BCUT2D eigenvalue weighted by Gasteiger charge is 2.15. The number of hydrogen-bond acceptors (Lipinski definition) is 4. The molecule has 0 atom stereocenters. The Balaban J connectivity index is 1.31. The fourth-order valence-electron chi connectivity index (χ4n) is 3.52. The monoisotopic (exact) mass is 363 g/mol. The molecule has 0 aliphatic heterocycles. The lowest BCUT2D eigenvalue weighted by molar-refractivity contribution is -0.113. The summed E-state index contributed by atoms with van der Waals surface area (Å²) in [6.45, 7) is 0. The molecule has 2 aromatic carbocycles. The van der Waals surface area contributed by atoms with E-state index in [1.54, 1.807) is 0 Å². The second-order valence-electron chi connectivity index (χ2n) is 6.44. The summed E-state index contributed by atoms with van der Waals surface area (Å²) < 4.78 is 1.95. The Labute approximate surface area is 154 Å². The maximum Gasteiger partial charge on any atom is 0.234 e. The topological polar surface area (TPSA) is 75.1 Å². The first-order valence-corrected chi connectivity index (χ1v) is 9.62. The molecular formula is C19H17N5OS. The van der Waals surface area contributed by atoms with E-state index in [1.807, 2.05) is 34.7 Å². The number of carbonyl (C=O) groups is 1. The number of H-pyrrole nitrogens is 1. The van der Waals surface area contributed by atoms with Crippen LogP contribution in [0.2, 0.25) is 0 Å². The summed E-state index contributed by atoms with van der Waals surface area (Å²) >= 11 is 1.40. The van der Waals surface area contributed by atoms with E-state index >= 15 is 0 Å². The highest BCUT2D eigenvalue weighted by atomic mass is 32.2. The minimum absolute atomic E-state index is 0.0338. The summed E-state index contributed by atoms with van der Waals surface area (Å²) in [6, 6.07) is 14.1. The van der Waals surface area contributed by atoms with Gasteiger partial charge in [0.05, 0.1) is 16.8 Å². The summed E-state index contributed by atoms with van der Waals surface area (Å²) in [5.41, 5.74) is 5.53. The van der Waals surface area contributed by atoms with Crippen molar-refractivity contribution in [1.82, 2.24) is 19.6 Å². The molecule has 2 heterocycles. The van der Waals surface area contributed by atoms with E-state index in [4.69, 9.17) is 0 Å². The molecule has 0 saturated heterocycles. The van der Waals surface area contributed by atoms with Gasteiger partial charge in [0.15, 0.2) is 5.16 Å². The number of nitrogens with zero attached hydrogens (tertiary/aromatic N) is 3. The average Bonchev–Trinajstić information content (AvgIpc) is 3.34. The van der Waals surface area contributed by atoms with Crippen LogP contribution >= 0.6 is 11.8 Å². The summed E-state index contributed by atoms with van der Waals surface area (Å²) in [7, 11) is 0. The number of aromatic nitrogens is 4. The first-order chi connectivity index (χ1) is 12.8. The quantitative estimate of drug-likeness (QED) is 0.545. The van der Waals surface area contributed by atoms with Gasteiger partial charge in [-0.15, -0.1) is 5.10 Å². The van der Waals surface area contributed by atoms with Crippen molar-refractivity contribution in [3.63, 3.8) is 0 Å². The first kappa shape index (κ1) is 15.5. The Hall–Kier alpha value is -2.80. The minimum atomic E-state index is -0.0338. The van der Waals surface area contributed by atoms with Crippen LogP contribution in [0.25, 0.3) is 16.8 Å². The van der Waals surface area contributed by atoms with Crippen molar-refractivity contribution < 1.29 is 4.79 Å². The molecule has 2 N–H and O–H groups in total. The molecule has 0 bridgehead atoms. The summed E-state index contributed by atoms with van der Waals surface area (Å²) in [5, 5.41) is 10.9. The summed E-state index contributed by atoms with van der Waals surface area (Å²) in [6.07, 6.45) is 3.46. The Kier molecular flexibility index (Phi) is 3.67. The molecule has 4 aromatic rings. The van der Waals surface area contributed by atoms with E-state index in [1.165, 1.54) is 29.3 Å². The number of thioether (sulfide) groups is 1. The van der Waals surface area contributed by atoms with Crippen LogP contribution in [0, 0.1) is 0 Å². The second-order valence-corrected chi connectivity index (χ2v) is 7.38. The maximum absolute atomic E-state index is 12.4. The standard InChI is InChI=1S/C19H17N5OS/c25-17(20-14-9-8-12-4-3-5-13(12)10-14)11-26-19-23-22-18-21-15-6-1-2-7-16(15)24(18)19/h1-2,6-10H,3-5,11H2,(H,20,25)(H,21,22). The van der Waals surface area contributed by atoms with E-state index in [9.17, 15) is 4.79 Å². The number of nitrogens with one attached hydrogen (secondary N) is 2. The van der Waals surface area contributed by atoms with Gasteiger partial charge in [0.25, 0.3) is 0 Å². The number of amides is 1. The van der Waals surface area contributed by atoms with Crippen LogP contribution in [0.1, 0.15) is 17.5 Å². The third-order valence-corrected chi connectivity index (χ3v) is 5.66. The number of imidazole rings is 1. The molecule has 0 radical (unpaired) electrons. The van der Waals surface area contributed by atoms with Gasteiger partial charge in [0.1, 0.15) is 0 Å². The third-order valence-electron chi connectivity index (χ3n) is 4.72. The van der Waals surface area contributed by atoms with Gasteiger partial charge in [-0.25, -0.2) is 10.1 Å². The number of anilines is 1. The lowest BCUT2D eigenvalue weighted by atomic mass is 10.1. The molecule has 7 heteroatoms. The molecular weight excluding hydrogens is 346 g/mol. The number of hydrogen-bond donors (Lipinski definition) is 2. The van der Waals surface area contributed by atoms with Gasteiger partial charge < -0.3 is 5.32 Å². The fourth-order valence-corrected chi connectivity index (χ4v) is 4.27. The summed E-state index contributed by atoms with van der Waals surface area (Å²) in [4.78, 5) is 16.8. The Bertz CT molecular complexity index is 1130. The lowest BCUT2D eigenvalue weighted by Gasteiger charge is -2.07. The molecule has 5 rings (SSSR count). The predicted octanol–water partition coefficient (Wildman–Crippen LogP) is 3.43. The molecule has 0 fully saturated rings. The fraction of sp³-hybridized carbons (Fsp3) is 0.211. The van der Waals surface area contributed by atoms with Crippen LogP contribution in [0.4, 0.5) is 5.69 Å². The SMILES string of the molecule is O=C(CSc1n[nH]c2nc3ccccc3n12)Nc1ccc2c(c1)CCC2. The minimum Gasteiger partial charge on any atom is -0.325 e. The lowest BCUT2D eigenvalue weighted by Crippen LogP contribution is -2.14. The molecule has 0 saturated carbocycles. The van der Waals surface area contributed by atoms with Gasteiger partial charge in [-0.2, -0.15) is 0 Å². The number of carbonyl (C=O) groups excluding carboxylic acids is 1. The summed E-state index contributed by atoms with van der Waals surface area (Å²) in [5.74, 6) is 0.949. The molecule has 2 aromatic heterocycles. The zero-order valence-corrected chi connectivity index (χ0v) is 14.8. The van der Waals surface area contributed by atoms with Crippen molar-refractivity contribution in [3.8, 4) is 0 Å². The van der Waals surface area contributed by atoms with E-state index in [0.717, 1.165) is 34.7 Å². The van der Waals surface area contributed by atoms with E-state index in [-0.39, 0.29) is 5.91 Å². The van der Waals surface area contributed by atoms with Gasteiger partial charge in [-0.05, 0) is 54.7 Å². The normalized spacial score (nSPS) is 13.4. The van der Waals surface area contributed by atoms with Crippen LogP contribution in [-0.2, 0) is 17.6 Å². The number of fused-ring (bicyclic) bond motifs is 4. The number of benzene rings is 2. The highest BCUT2D eigenvalue weighted by molar-refractivity contribution is 7.99. The van der Waals surface area contributed by atoms with E-state index in [2.05, 4.69) is 32.6 Å². The van der Waals surface area contributed by atoms with Crippen molar-refractivity contribution in [3.05, 3.63) is 53.6 Å². The largest absolute Gasteiger partial charge is 0.325 e. The van der Waals surface area contributed by atoms with Crippen molar-refractivity contribution in [2.45, 2.75) is 24.4 Å². The number of aromatic amines is 1. The first-order valence-electron chi connectivity index (χ1n) is 8.64. The average molecular weight is 363 g/mol. The molecule has 0 unspecified atom stereocenters. The smallest absolute Gasteiger partial charge is 0.234 e. The van der Waals surface area contributed by atoms with Gasteiger partial charge in [0.2, 0.25) is 11.7 Å². The Morgan fingerprint density at radius 1 is 1.19 bits per heavy atom. The van der Waals surface area contributed by atoms with Crippen molar-refractivity contribution in [2.24, 2.45) is 0 Å². The molecule has 1 aliphatic carbocycles. The van der Waals surface area contributed by atoms with Crippen LogP contribution in [-0.4, -0.2) is 31.2 Å². The van der Waals surface area contributed by atoms with Crippen molar-refractivity contribution in [1.29, 1.82) is 0 Å². The van der Waals surface area contributed by atoms with Crippen molar-refractivity contribution >= 4 is 40.2 Å². The molecule has 26 heavy (non-hydrogen) atoms. The Morgan fingerprint density at radius 2 is 2.08 bits per heavy atom. The molecule has 6 nitrogen and oxygen atoms in total. The number of aryl methyl sites for hydroxylation is 2. The van der Waals surface area contributed by atoms with Crippen LogP contribution in [0.5, 0.6) is 0 Å². The molecule has 130 valence electrons.